The minimum absolute atomic E-state index is 0.151. The van der Waals surface area contributed by atoms with Crippen molar-refractivity contribution in [3.05, 3.63) is 75.8 Å². The number of hydrogen-bond donors (Lipinski definition) is 1. The van der Waals surface area contributed by atoms with E-state index in [0.717, 1.165) is 6.54 Å². The van der Waals surface area contributed by atoms with Crippen molar-refractivity contribution in [3.8, 4) is 0 Å². The third-order valence-electron chi connectivity index (χ3n) is 5.54. The molecule has 1 aliphatic heterocycles. The van der Waals surface area contributed by atoms with Crippen molar-refractivity contribution < 1.29 is 19.6 Å². The standard InChI is InChI=1S/C23H26N4O5/c1-16-20(22(28)29)21(18-10-6-11-19(14-18)27(31)32)26(23(30)24-16)13-7-12-25(2)15-17-8-4-3-5-9-17/h3-6,8-11,14,20-21H,7,12-13,15H2,1-2H3,(H,28,29). The second-order valence-corrected chi connectivity index (χ2v) is 7.92. The van der Waals surface area contributed by atoms with E-state index in [0.29, 0.717) is 18.5 Å². The summed E-state index contributed by atoms with van der Waals surface area (Å²) in [6, 6.07) is 14.4. The van der Waals surface area contributed by atoms with E-state index in [9.17, 15) is 24.8 Å². The van der Waals surface area contributed by atoms with E-state index in [1.54, 1.807) is 6.07 Å². The maximum Gasteiger partial charge on any atom is 0.344 e. The largest absolute Gasteiger partial charge is 0.481 e. The Morgan fingerprint density at radius 3 is 2.59 bits per heavy atom. The summed E-state index contributed by atoms with van der Waals surface area (Å²) >= 11 is 0. The van der Waals surface area contributed by atoms with E-state index in [1.807, 2.05) is 37.4 Å². The number of aliphatic carboxylic acids is 1. The lowest BCUT2D eigenvalue weighted by atomic mass is 9.86. The molecule has 0 radical (unpaired) electrons. The lowest BCUT2D eigenvalue weighted by molar-refractivity contribution is -0.385. The minimum Gasteiger partial charge on any atom is -0.481 e. The summed E-state index contributed by atoms with van der Waals surface area (Å²) in [5.41, 5.74) is 1.62. The number of nitro benzene ring substituents is 1. The molecule has 2 aromatic rings. The first-order chi connectivity index (χ1) is 15.3. The van der Waals surface area contributed by atoms with Crippen LogP contribution in [0, 0.1) is 16.0 Å². The fraction of sp³-hybridized carbons (Fsp3) is 0.348. The monoisotopic (exact) mass is 438 g/mol. The highest BCUT2D eigenvalue weighted by molar-refractivity contribution is 6.07. The molecule has 0 aliphatic carbocycles. The Kier molecular flexibility index (Phi) is 7.32. The van der Waals surface area contributed by atoms with Gasteiger partial charge in [-0.05, 0) is 38.1 Å². The number of carbonyl (C=O) groups is 2. The number of hydrogen-bond acceptors (Lipinski definition) is 5. The average molecular weight is 438 g/mol. The van der Waals surface area contributed by atoms with Crippen LogP contribution in [0.5, 0.6) is 0 Å². The fourth-order valence-corrected chi connectivity index (χ4v) is 4.04. The molecule has 32 heavy (non-hydrogen) atoms. The molecule has 9 heteroatoms. The molecule has 2 aromatic carbocycles. The van der Waals surface area contributed by atoms with Gasteiger partial charge >= 0.3 is 12.0 Å². The Morgan fingerprint density at radius 1 is 1.22 bits per heavy atom. The number of rotatable bonds is 9. The zero-order valence-corrected chi connectivity index (χ0v) is 18.0. The number of non-ortho nitro benzene ring substituents is 1. The normalized spacial score (nSPS) is 18.5. The smallest absolute Gasteiger partial charge is 0.344 e. The van der Waals surface area contributed by atoms with E-state index < -0.39 is 28.9 Å². The van der Waals surface area contributed by atoms with Gasteiger partial charge < -0.3 is 14.9 Å². The summed E-state index contributed by atoms with van der Waals surface area (Å²) in [6.45, 7) is 3.22. The fourth-order valence-electron chi connectivity index (χ4n) is 4.04. The predicted octanol–water partition coefficient (Wildman–Crippen LogP) is 3.76. The lowest BCUT2D eigenvalue weighted by Crippen LogP contribution is -2.47. The number of carboxylic acids is 1. The van der Waals surface area contributed by atoms with Crippen LogP contribution in [-0.4, -0.2) is 57.7 Å². The number of carboxylic acid groups (broad SMARTS) is 1. The van der Waals surface area contributed by atoms with E-state index in [4.69, 9.17) is 0 Å². The highest BCUT2D eigenvalue weighted by Crippen LogP contribution is 2.35. The van der Waals surface area contributed by atoms with Gasteiger partial charge in [0.25, 0.3) is 5.69 Å². The van der Waals surface area contributed by atoms with Crippen LogP contribution in [0.25, 0.3) is 0 Å². The quantitative estimate of drug-likeness (QED) is 0.471. The van der Waals surface area contributed by atoms with Gasteiger partial charge in [0, 0.05) is 30.9 Å². The number of amides is 2. The lowest BCUT2D eigenvalue weighted by Gasteiger charge is -2.38. The predicted molar refractivity (Wildman–Crippen MR) is 120 cm³/mol. The van der Waals surface area contributed by atoms with E-state index in [-0.39, 0.29) is 17.9 Å². The first-order valence-electron chi connectivity index (χ1n) is 10.3. The molecule has 3 rings (SSSR count). The Labute approximate surface area is 186 Å². The molecule has 0 spiro atoms. The Hall–Kier alpha value is -3.59. The highest BCUT2D eigenvalue weighted by Gasteiger charge is 2.42. The summed E-state index contributed by atoms with van der Waals surface area (Å²) in [5.74, 6) is -2.20. The van der Waals surface area contributed by atoms with Gasteiger partial charge in [-0.2, -0.15) is 0 Å². The zero-order valence-electron chi connectivity index (χ0n) is 18.0. The highest BCUT2D eigenvalue weighted by atomic mass is 16.6. The van der Waals surface area contributed by atoms with Crippen LogP contribution < -0.4 is 0 Å². The van der Waals surface area contributed by atoms with Crippen LogP contribution in [0.15, 0.2) is 59.6 Å². The summed E-state index contributed by atoms with van der Waals surface area (Å²) in [5, 5.41) is 21.1. The van der Waals surface area contributed by atoms with E-state index >= 15 is 0 Å². The van der Waals surface area contributed by atoms with Gasteiger partial charge in [-0.3, -0.25) is 14.9 Å². The number of aliphatic imine (C=N–C) groups is 1. The topological polar surface area (TPSA) is 116 Å². The molecule has 2 amide bonds. The molecule has 0 saturated carbocycles. The van der Waals surface area contributed by atoms with Crippen LogP contribution >= 0.6 is 0 Å². The van der Waals surface area contributed by atoms with Gasteiger partial charge in [0.1, 0.15) is 5.92 Å². The van der Waals surface area contributed by atoms with Crippen molar-refractivity contribution >= 4 is 23.4 Å². The van der Waals surface area contributed by atoms with Gasteiger partial charge in [0.05, 0.1) is 11.0 Å². The third-order valence-corrected chi connectivity index (χ3v) is 5.54. The van der Waals surface area contributed by atoms with Gasteiger partial charge in [-0.25, -0.2) is 9.79 Å². The SMILES string of the molecule is CC1=NC(=O)N(CCCN(C)Cc2ccccc2)C(c2cccc([N+](=O)[O-])c2)C1C(=O)O. The van der Waals surface area contributed by atoms with Crippen molar-refractivity contribution in [2.75, 3.05) is 20.1 Å². The van der Waals surface area contributed by atoms with Crippen LogP contribution in [0.2, 0.25) is 0 Å². The van der Waals surface area contributed by atoms with Crippen molar-refractivity contribution in [1.82, 2.24) is 9.80 Å². The molecular weight excluding hydrogens is 412 g/mol. The molecule has 1 heterocycles. The molecule has 0 saturated heterocycles. The van der Waals surface area contributed by atoms with Crippen LogP contribution in [0.4, 0.5) is 10.5 Å². The van der Waals surface area contributed by atoms with E-state index in [2.05, 4.69) is 9.89 Å². The molecule has 1 aliphatic rings. The molecule has 0 bridgehead atoms. The van der Waals surface area contributed by atoms with Crippen molar-refractivity contribution in [3.63, 3.8) is 0 Å². The Morgan fingerprint density at radius 2 is 1.94 bits per heavy atom. The first-order valence-corrected chi connectivity index (χ1v) is 10.3. The maximum absolute atomic E-state index is 12.7. The van der Waals surface area contributed by atoms with Crippen molar-refractivity contribution in [2.24, 2.45) is 10.9 Å². The Balaban J connectivity index is 1.80. The maximum atomic E-state index is 12.7. The van der Waals surface area contributed by atoms with Crippen molar-refractivity contribution in [2.45, 2.75) is 25.9 Å². The van der Waals surface area contributed by atoms with E-state index in [1.165, 1.54) is 35.6 Å². The van der Waals surface area contributed by atoms with Gasteiger partial charge in [0.2, 0.25) is 0 Å². The summed E-state index contributed by atoms with van der Waals surface area (Å²) in [7, 11) is 1.98. The van der Waals surface area contributed by atoms with Crippen LogP contribution in [-0.2, 0) is 11.3 Å². The average Bonchev–Trinajstić information content (AvgIpc) is 2.75. The molecule has 9 nitrogen and oxygen atoms in total. The summed E-state index contributed by atoms with van der Waals surface area (Å²) in [4.78, 5) is 43.0. The number of urea groups is 1. The summed E-state index contributed by atoms with van der Waals surface area (Å²) < 4.78 is 0. The van der Waals surface area contributed by atoms with Gasteiger partial charge in [0.15, 0.2) is 0 Å². The summed E-state index contributed by atoms with van der Waals surface area (Å²) in [6.07, 6.45) is 0.599. The number of benzene rings is 2. The molecule has 2 atom stereocenters. The van der Waals surface area contributed by atoms with Crippen LogP contribution in [0.1, 0.15) is 30.5 Å². The zero-order chi connectivity index (χ0) is 23.3. The van der Waals surface area contributed by atoms with Crippen LogP contribution in [0.3, 0.4) is 0 Å². The molecule has 1 N–H and O–H groups in total. The molecule has 2 unspecified atom stereocenters. The van der Waals surface area contributed by atoms with Gasteiger partial charge in [-0.1, -0.05) is 42.5 Å². The number of carbonyl (C=O) groups excluding carboxylic acids is 1. The molecule has 0 aromatic heterocycles. The first kappa shape index (κ1) is 23.1. The number of nitro groups is 1. The van der Waals surface area contributed by atoms with Crippen molar-refractivity contribution in [1.29, 1.82) is 0 Å². The molecular formula is C23H26N4O5. The second kappa shape index (κ2) is 10.1. The molecule has 168 valence electrons. The minimum atomic E-state index is -1.12. The number of nitrogens with zero attached hydrogens (tertiary/aromatic N) is 4. The third kappa shape index (κ3) is 5.36. The second-order valence-electron chi connectivity index (χ2n) is 7.92. The molecule has 0 fully saturated rings. The van der Waals surface area contributed by atoms with Gasteiger partial charge in [-0.15, -0.1) is 0 Å². The Bertz CT molecular complexity index is 1020.